The van der Waals surface area contributed by atoms with E-state index in [0.717, 1.165) is 18.4 Å². The molecule has 0 saturated heterocycles. The largest absolute Gasteiger partial charge is 0.337 e. The number of thiophene rings is 1. The highest BCUT2D eigenvalue weighted by molar-refractivity contribution is 7.12. The van der Waals surface area contributed by atoms with Crippen molar-refractivity contribution in [2.75, 3.05) is 18.4 Å². The summed E-state index contributed by atoms with van der Waals surface area (Å²) in [5, 5.41) is 5.34. The molecule has 1 fully saturated rings. The van der Waals surface area contributed by atoms with E-state index in [0.29, 0.717) is 35.2 Å². The van der Waals surface area contributed by atoms with E-state index in [-0.39, 0.29) is 23.1 Å². The molecule has 1 saturated carbocycles. The van der Waals surface area contributed by atoms with E-state index in [1.807, 2.05) is 22.4 Å². The Labute approximate surface area is 174 Å². The molecular weight excluding hydrogens is 394 g/mol. The van der Waals surface area contributed by atoms with Crippen LogP contribution in [0.1, 0.15) is 41.9 Å². The van der Waals surface area contributed by atoms with Crippen LogP contribution >= 0.6 is 22.9 Å². The third-order valence-corrected chi connectivity index (χ3v) is 6.06. The van der Waals surface area contributed by atoms with Crippen molar-refractivity contribution < 1.29 is 9.59 Å². The average Bonchev–Trinajstić information content (AvgIpc) is 3.36. The third kappa shape index (κ3) is 5.34. The lowest BCUT2D eigenvalue weighted by molar-refractivity contribution is -0.134. The van der Waals surface area contributed by atoms with Crippen LogP contribution in [-0.4, -0.2) is 29.8 Å². The van der Waals surface area contributed by atoms with Crippen LogP contribution in [0, 0.1) is 11.3 Å². The highest BCUT2D eigenvalue weighted by Gasteiger charge is 2.35. The van der Waals surface area contributed by atoms with E-state index in [4.69, 9.17) is 17.3 Å². The first-order valence-electron chi connectivity index (χ1n) is 9.41. The summed E-state index contributed by atoms with van der Waals surface area (Å²) in [5.74, 6) is 0.123. The topological polar surface area (TPSA) is 75.4 Å². The number of nitrogens with one attached hydrogen (secondary N) is 1. The maximum atomic E-state index is 12.8. The molecular formula is C21H26ClN3O2S. The molecule has 3 rings (SSSR count). The molecule has 7 heteroatoms. The summed E-state index contributed by atoms with van der Waals surface area (Å²) in [5.41, 5.74) is 7.18. The fourth-order valence-electron chi connectivity index (χ4n) is 2.96. The predicted molar refractivity (Wildman–Crippen MR) is 115 cm³/mol. The maximum Gasteiger partial charge on any atom is 0.265 e. The molecule has 0 spiro atoms. The van der Waals surface area contributed by atoms with Crippen LogP contribution in [0.5, 0.6) is 0 Å². The molecule has 2 aromatic rings. The van der Waals surface area contributed by atoms with Gasteiger partial charge in [-0.1, -0.05) is 31.5 Å². The molecule has 0 radical (unpaired) electrons. The van der Waals surface area contributed by atoms with Crippen molar-refractivity contribution in [2.45, 2.75) is 33.2 Å². The molecule has 1 aromatic heterocycles. The van der Waals surface area contributed by atoms with Crippen LogP contribution in [-0.2, 0) is 11.3 Å². The van der Waals surface area contributed by atoms with Crippen molar-refractivity contribution in [1.82, 2.24) is 4.90 Å². The lowest BCUT2D eigenvalue weighted by Gasteiger charge is -2.32. The van der Waals surface area contributed by atoms with Crippen molar-refractivity contribution in [2.24, 2.45) is 17.1 Å². The van der Waals surface area contributed by atoms with E-state index in [1.54, 1.807) is 18.2 Å². The van der Waals surface area contributed by atoms with Gasteiger partial charge in [-0.25, -0.2) is 0 Å². The molecule has 1 heterocycles. The molecule has 1 aliphatic carbocycles. The molecule has 5 nitrogen and oxygen atoms in total. The Morgan fingerprint density at radius 2 is 2.07 bits per heavy atom. The van der Waals surface area contributed by atoms with Crippen LogP contribution in [0.25, 0.3) is 0 Å². The molecule has 2 amide bonds. The van der Waals surface area contributed by atoms with Gasteiger partial charge in [-0.15, -0.1) is 11.3 Å². The zero-order valence-corrected chi connectivity index (χ0v) is 17.8. The summed E-state index contributed by atoms with van der Waals surface area (Å²) in [6.45, 7) is 5.58. The summed E-state index contributed by atoms with van der Waals surface area (Å²) >= 11 is 7.80. The summed E-state index contributed by atoms with van der Waals surface area (Å²) in [7, 11) is 0. The van der Waals surface area contributed by atoms with Crippen LogP contribution in [0.15, 0.2) is 35.7 Å². The summed E-state index contributed by atoms with van der Waals surface area (Å²) < 4.78 is 0. The number of rotatable bonds is 8. The van der Waals surface area contributed by atoms with Crippen molar-refractivity contribution in [3.05, 3.63) is 51.2 Å². The Hall–Kier alpha value is -1.89. The second-order valence-electron chi connectivity index (χ2n) is 8.07. The second-order valence-corrected chi connectivity index (χ2v) is 9.43. The standard InChI is InChI=1S/C21H26ClN3O2S/c1-21(2,12-23)13-25(20(27)14-5-6-14)11-15-10-16(7-8-17(15)22)24-19(26)18-4-3-9-28-18/h3-4,7-10,14H,5-6,11-13,23H2,1-2H3,(H,24,26). The predicted octanol–water partition coefficient (Wildman–Crippen LogP) is 4.38. The molecule has 1 aliphatic rings. The number of anilines is 1. The quantitative estimate of drug-likeness (QED) is 0.666. The minimum atomic E-state index is -0.179. The number of amides is 2. The Balaban J connectivity index is 1.78. The van der Waals surface area contributed by atoms with Crippen LogP contribution in [0.3, 0.4) is 0 Å². The van der Waals surface area contributed by atoms with E-state index in [1.165, 1.54) is 11.3 Å². The molecule has 3 N–H and O–H groups in total. The number of hydrogen-bond donors (Lipinski definition) is 2. The van der Waals surface area contributed by atoms with Gasteiger partial charge in [-0.05, 0) is 60.0 Å². The lowest BCUT2D eigenvalue weighted by atomic mass is 9.92. The van der Waals surface area contributed by atoms with Crippen molar-refractivity contribution >= 4 is 40.4 Å². The fraction of sp³-hybridized carbons (Fsp3) is 0.429. The van der Waals surface area contributed by atoms with Gasteiger partial charge in [-0.2, -0.15) is 0 Å². The van der Waals surface area contributed by atoms with Crippen molar-refractivity contribution in [3.8, 4) is 0 Å². The molecule has 0 aliphatic heterocycles. The number of carbonyl (C=O) groups excluding carboxylic acids is 2. The fourth-order valence-corrected chi connectivity index (χ4v) is 3.76. The van der Waals surface area contributed by atoms with Crippen LogP contribution < -0.4 is 11.1 Å². The smallest absolute Gasteiger partial charge is 0.265 e. The number of hydrogen-bond acceptors (Lipinski definition) is 4. The Morgan fingerprint density at radius 1 is 1.32 bits per heavy atom. The highest BCUT2D eigenvalue weighted by Crippen LogP contribution is 2.33. The van der Waals surface area contributed by atoms with E-state index in [2.05, 4.69) is 19.2 Å². The van der Waals surface area contributed by atoms with Gasteiger partial charge in [0.15, 0.2) is 0 Å². The van der Waals surface area contributed by atoms with Gasteiger partial charge in [0.1, 0.15) is 0 Å². The summed E-state index contributed by atoms with van der Waals surface area (Å²) in [4.78, 5) is 27.6. The molecule has 28 heavy (non-hydrogen) atoms. The van der Waals surface area contributed by atoms with Crippen molar-refractivity contribution in [3.63, 3.8) is 0 Å². The molecule has 0 bridgehead atoms. The first-order chi connectivity index (χ1) is 13.3. The van der Waals surface area contributed by atoms with Gasteiger partial charge >= 0.3 is 0 Å². The zero-order chi connectivity index (χ0) is 20.3. The monoisotopic (exact) mass is 419 g/mol. The van der Waals surface area contributed by atoms with Gasteiger partial charge in [0.25, 0.3) is 5.91 Å². The van der Waals surface area contributed by atoms with Crippen LogP contribution in [0.4, 0.5) is 5.69 Å². The maximum absolute atomic E-state index is 12.8. The van der Waals surface area contributed by atoms with E-state index in [9.17, 15) is 9.59 Å². The van der Waals surface area contributed by atoms with E-state index < -0.39 is 0 Å². The molecule has 0 atom stereocenters. The van der Waals surface area contributed by atoms with E-state index >= 15 is 0 Å². The van der Waals surface area contributed by atoms with Gasteiger partial charge in [0.05, 0.1) is 4.88 Å². The number of carbonyl (C=O) groups is 2. The minimum absolute atomic E-state index is 0.120. The highest BCUT2D eigenvalue weighted by atomic mass is 35.5. The lowest BCUT2D eigenvalue weighted by Crippen LogP contribution is -2.42. The Morgan fingerprint density at radius 3 is 2.68 bits per heavy atom. The van der Waals surface area contributed by atoms with Gasteiger partial charge < -0.3 is 16.0 Å². The Bertz CT molecular complexity index is 847. The van der Waals surface area contributed by atoms with Crippen molar-refractivity contribution in [1.29, 1.82) is 0 Å². The number of benzene rings is 1. The normalized spacial score (nSPS) is 14.0. The first kappa shape index (κ1) is 20.8. The Kier molecular flexibility index (Phi) is 6.43. The summed E-state index contributed by atoms with van der Waals surface area (Å²) in [6, 6.07) is 8.99. The minimum Gasteiger partial charge on any atom is -0.337 e. The molecule has 150 valence electrons. The zero-order valence-electron chi connectivity index (χ0n) is 16.2. The molecule has 0 unspecified atom stereocenters. The third-order valence-electron chi connectivity index (χ3n) is 4.82. The average molecular weight is 420 g/mol. The van der Waals surface area contributed by atoms with Gasteiger partial charge in [0.2, 0.25) is 5.91 Å². The SMILES string of the molecule is CC(C)(CN)CN(Cc1cc(NC(=O)c2cccs2)ccc1Cl)C(=O)C1CC1. The first-order valence-corrected chi connectivity index (χ1v) is 10.7. The van der Waals surface area contributed by atoms with Gasteiger partial charge in [-0.3, -0.25) is 9.59 Å². The second kappa shape index (κ2) is 8.64. The number of halogens is 1. The number of nitrogens with zero attached hydrogens (tertiary/aromatic N) is 1. The summed E-state index contributed by atoms with van der Waals surface area (Å²) in [6.07, 6.45) is 1.89. The molecule has 1 aromatic carbocycles. The van der Waals surface area contributed by atoms with Crippen LogP contribution in [0.2, 0.25) is 5.02 Å². The van der Waals surface area contributed by atoms with Gasteiger partial charge in [0, 0.05) is 29.7 Å². The number of nitrogens with two attached hydrogens (primary N) is 1.